The third-order valence-corrected chi connectivity index (χ3v) is 8.04. The summed E-state index contributed by atoms with van der Waals surface area (Å²) in [7, 11) is 4.26. The molecule has 0 aliphatic heterocycles. The zero-order valence-electron chi connectivity index (χ0n) is 22.8. The van der Waals surface area contributed by atoms with Gasteiger partial charge in [-0.3, -0.25) is 0 Å². The van der Waals surface area contributed by atoms with Crippen LogP contribution >= 0.6 is 0 Å². The van der Waals surface area contributed by atoms with Crippen LogP contribution in [0.15, 0.2) is 146 Å². The Morgan fingerprint density at radius 2 is 0.650 bits per heavy atom. The summed E-state index contributed by atoms with van der Waals surface area (Å²) >= 11 is 0. The van der Waals surface area contributed by atoms with Crippen molar-refractivity contribution in [2.24, 2.45) is 14.1 Å². The maximum absolute atomic E-state index is 2.32. The van der Waals surface area contributed by atoms with Crippen LogP contribution in [0, 0.1) is 0 Å². The average Bonchev–Trinajstić information content (AvgIpc) is 3.48. The Bertz CT molecular complexity index is 1960. The molecule has 0 bridgehead atoms. The van der Waals surface area contributed by atoms with Crippen LogP contribution in [0.25, 0.3) is 65.9 Å². The van der Waals surface area contributed by atoms with E-state index >= 15 is 0 Å². The van der Waals surface area contributed by atoms with Gasteiger partial charge in [-0.1, -0.05) is 109 Å². The van der Waals surface area contributed by atoms with Gasteiger partial charge in [-0.05, 0) is 58.7 Å². The Morgan fingerprint density at radius 1 is 0.300 bits per heavy atom. The van der Waals surface area contributed by atoms with Gasteiger partial charge >= 0.3 is 0 Å². The molecule has 0 saturated heterocycles. The SMILES string of the molecule is Cn1c2ccc(-c3ccccc3)cc2c2cc(-c3ccccc3)ccc21.Cn1c2ccccc2c2ccccc21. The van der Waals surface area contributed by atoms with Crippen LogP contribution in [0.3, 0.4) is 0 Å². The van der Waals surface area contributed by atoms with Gasteiger partial charge in [0, 0.05) is 57.7 Å². The first-order chi connectivity index (χ1) is 19.7. The van der Waals surface area contributed by atoms with Gasteiger partial charge in [0.2, 0.25) is 0 Å². The van der Waals surface area contributed by atoms with Crippen molar-refractivity contribution in [1.29, 1.82) is 0 Å². The van der Waals surface area contributed by atoms with Crippen molar-refractivity contribution in [3.63, 3.8) is 0 Å². The largest absolute Gasteiger partial charge is 0.344 e. The van der Waals surface area contributed by atoms with Gasteiger partial charge in [0.1, 0.15) is 0 Å². The molecule has 0 N–H and O–H groups in total. The summed E-state index contributed by atoms with van der Waals surface area (Å²) in [6, 6.07) is 51.8. The highest BCUT2D eigenvalue weighted by atomic mass is 14.9. The summed E-state index contributed by atoms with van der Waals surface area (Å²) in [6.45, 7) is 0. The minimum atomic E-state index is 1.26. The van der Waals surface area contributed by atoms with Gasteiger partial charge in [-0.25, -0.2) is 0 Å². The van der Waals surface area contributed by atoms with Crippen LogP contribution in [0.5, 0.6) is 0 Å². The average molecular weight is 515 g/mol. The molecule has 0 saturated carbocycles. The molecule has 8 aromatic rings. The highest BCUT2D eigenvalue weighted by molar-refractivity contribution is 6.10. The Hall–Kier alpha value is -5.08. The van der Waals surface area contributed by atoms with E-state index in [0.717, 1.165) is 0 Å². The molecule has 0 unspecified atom stereocenters. The second-order valence-electron chi connectivity index (χ2n) is 10.3. The predicted molar refractivity (Wildman–Crippen MR) is 172 cm³/mol. The van der Waals surface area contributed by atoms with Gasteiger partial charge in [-0.2, -0.15) is 0 Å². The van der Waals surface area contributed by atoms with Crippen molar-refractivity contribution in [3.05, 3.63) is 146 Å². The number of fused-ring (bicyclic) bond motifs is 6. The maximum Gasteiger partial charge on any atom is 0.0489 e. The zero-order valence-corrected chi connectivity index (χ0v) is 22.8. The number of aryl methyl sites for hydroxylation is 2. The molecule has 40 heavy (non-hydrogen) atoms. The highest BCUT2D eigenvalue weighted by Gasteiger charge is 2.11. The summed E-state index contributed by atoms with van der Waals surface area (Å²) in [5, 5.41) is 5.29. The molecule has 0 aliphatic rings. The van der Waals surface area contributed by atoms with Crippen molar-refractivity contribution in [2.45, 2.75) is 0 Å². The van der Waals surface area contributed by atoms with Gasteiger partial charge in [0.15, 0.2) is 0 Å². The van der Waals surface area contributed by atoms with E-state index in [9.17, 15) is 0 Å². The number of hydrogen-bond acceptors (Lipinski definition) is 0. The first-order valence-corrected chi connectivity index (χ1v) is 13.7. The van der Waals surface area contributed by atoms with E-state index in [1.807, 2.05) is 0 Å². The van der Waals surface area contributed by atoms with E-state index in [1.54, 1.807) is 0 Å². The Kier molecular flexibility index (Phi) is 5.94. The summed E-state index contributed by atoms with van der Waals surface area (Å²) in [4.78, 5) is 0. The smallest absolute Gasteiger partial charge is 0.0489 e. The molecular weight excluding hydrogens is 484 g/mol. The van der Waals surface area contributed by atoms with Crippen LogP contribution < -0.4 is 0 Å². The third kappa shape index (κ3) is 4.06. The van der Waals surface area contributed by atoms with E-state index in [1.165, 1.54) is 65.9 Å². The topological polar surface area (TPSA) is 9.86 Å². The molecule has 0 radical (unpaired) electrons. The third-order valence-electron chi connectivity index (χ3n) is 8.04. The van der Waals surface area contributed by atoms with Crippen molar-refractivity contribution in [3.8, 4) is 22.3 Å². The van der Waals surface area contributed by atoms with E-state index in [-0.39, 0.29) is 0 Å². The molecule has 2 aromatic heterocycles. The fraction of sp³-hybridized carbons (Fsp3) is 0.0526. The summed E-state index contributed by atoms with van der Waals surface area (Å²) in [5.41, 5.74) is 10.2. The van der Waals surface area contributed by atoms with Crippen LogP contribution in [0.2, 0.25) is 0 Å². The maximum atomic E-state index is 2.32. The molecule has 2 heteroatoms. The van der Waals surface area contributed by atoms with E-state index in [2.05, 4.69) is 169 Å². The van der Waals surface area contributed by atoms with Crippen molar-refractivity contribution in [1.82, 2.24) is 9.13 Å². The lowest BCUT2D eigenvalue weighted by molar-refractivity contribution is 1.01. The number of aromatic nitrogens is 2. The summed E-state index contributed by atoms with van der Waals surface area (Å²) in [6.07, 6.45) is 0. The van der Waals surface area contributed by atoms with Gasteiger partial charge < -0.3 is 9.13 Å². The van der Waals surface area contributed by atoms with E-state index in [4.69, 9.17) is 0 Å². The van der Waals surface area contributed by atoms with Gasteiger partial charge in [0.25, 0.3) is 0 Å². The molecule has 0 spiro atoms. The highest BCUT2D eigenvalue weighted by Crippen LogP contribution is 2.34. The molecule has 192 valence electrons. The Labute approximate surface area is 234 Å². The van der Waals surface area contributed by atoms with Crippen LogP contribution in [-0.4, -0.2) is 9.13 Å². The van der Waals surface area contributed by atoms with E-state index in [0.29, 0.717) is 0 Å². The van der Waals surface area contributed by atoms with Gasteiger partial charge in [0.05, 0.1) is 0 Å². The molecule has 0 amide bonds. The molecule has 2 heterocycles. The minimum Gasteiger partial charge on any atom is -0.344 e. The lowest BCUT2D eigenvalue weighted by Gasteiger charge is -2.03. The zero-order chi connectivity index (χ0) is 27.1. The lowest BCUT2D eigenvalue weighted by atomic mass is 10.0. The second-order valence-corrected chi connectivity index (χ2v) is 10.3. The van der Waals surface area contributed by atoms with Crippen molar-refractivity contribution >= 4 is 43.6 Å². The number of para-hydroxylation sites is 2. The molecule has 0 fully saturated rings. The van der Waals surface area contributed by atoms with Crippen molar-refractivity contribution in [2.75, 3.05) is 0 Å². The number of nitrogens with zero attached hydrogens (tertiary/aromatic N) is 2. The Balaban J connectivity index is 0.000000159. The number of rotatable bonds is 2. The fourth-order valence-corrected chi connectivity index (χ4v) is 5.96. The van der Waals surface area contributed by atoms with Crippen molar-refractivity contribution < 1.29 is 0 Å². The molecule has 0 atom stereocenters. The monoisotopic (exact) mass is 514 g/mol. The first kappa shape index (κ1) is 24.0. The molecular formula is C38H30N2. The molecule has 8 rings (SSSR count). The minimum absolute atomic E-state index is 1.26. The summed E-state index contributed by atoms with van der Waals surface area (Å²) in [5.74, 6) is 0. The standard InChI is InChI=1S/C25H19N.C13H11N/c1-26-24-14-12-20(18-8-4-2-5-9-18)16-22(24)23-17-21(13-15-25(23)26)19-10-6-3-7-11-19;1-14-12-8-4-2-6-10(12)11-7-3-5-9-13(11)14/h2-17H,1H3;2-9H,1H3. The summed E-state index contributed by atoms with van der Waals surface area (Å²) < 4.78 is 4.53. The quantitative estimate of drug-likeness (QED) is 0.217. The molecule has 2 nitrogen and oxygen atoms in total. The predicted octanol–water partition coefficient (Wildman–Crippen LogP) is 10.00. The lowest BCUT2D eigenvalue weighted by Crippen LogP contribution is -1.86. The molecule has 0 aliphatic carbocycles. The Morgan fingerprint density at radius 3 is 1.07 bits per heavy atom. The van der Waals surface area contributed by atoms with Crippen LogP contribution in [0.4, 0.5) is 0 Å². The number of hydrogen-bond donors (Lipinski definition) is 0. The molecule has 6 aromatic carbocycles. The second kappa shape index (κ2) is 9.91. The van der Waals surface area contributed by atoms with Crippen LogP contribution in [0.1, 0.15) is 0 Å². The first-order valence-electron chi connectivity index (χ1n) is 13.7. The normalized spacial score (nSPS) is 11.2. The van der Waals surface area contributed by atoms with Gasteiger partial charge in [-0.15, -0.1) is 0 Å². The van der Waals surface area contributed by atoms with E-state index < -0.39 is 0 Å². The fourth-order valence-electron chi connectivity index (χ4n) is 5.96. The number of benzene rings is 6. The van der Waals surface area contributed by atoms with Crippen LogP contribution in [-0.2, 0) is 14.1 Å².